The molecule has 0 saturated heterocycles. The van der Waals surface area contributed by atoms with E-state index >= 15 is 0 Å². The Morgan fingerprint density at radius 2 is 1.80 bits per heavy atom. The van der Waals surface area contributed by atoms with Crippen LogP contribution in [0.3, 0.4) is 0 Å². The number of hydrogen-bond acceptors (Lipinski definition) is 6. The first-order valence-electron chi connectivity index (χ1n) is 2.71. The summed E-state index contributed by atoms with van der Waals surface area (Å²) in [6.07, 6.45) is 0. The molecule has 1 aliphatic rings. The van der Waals surface area contributed by atoms with E-state index in [-0.39, 0.29) is 0 Å². The molecule has 1 aliphatic heterocycles. The van der Waals surface area contributed by atoms with E-state index in [1.165, 1.54) is 0 Å². The van der Waals surface area contributed by atoms with Gasteiger partial charge < -0.3 is 11.5 Å². The average Bonchev–Trinajstić information content (AvgIpc) is 2.20. The molecule has 0 saturated carbocycles. The summed E-state index contributed by atoms with van der Waals surface area (Å²) in [5.74, 6) is 0.589. The molecular weight excluding hydrogens is 132 g/mol. The van der Waals surface area contributed by atoms with Crippen molar-refractivity contribution in [2.24, 2.45) is 31.9 Å². The maximum absolute atomic E-state index is 5.36. The van der Waals surface area contributed by atoms with Gasteiger partial charge in [0.05, 0.1) is 0 Å². The van der Waals surface area contributed by atoms with Crippen LogP contribution in [-0.4, -0.2) is 24.8 Å². The Bertz CT molecular complexity index is 196. The first-order chi connectivity index (χ1) is 4.75. The first kappa shape index (κ1) is 6.66. The number of hydrogen-bond donors (Lipinski definition) is 2. The van der Waals surface area contributed by atoms with Crippen molar-refractivity contribution in [1.82, 2.24) is 0 Å². The molecule has 0 bridgehead atoms. The van der Waals surface area contributed by atoms with Gasteiger partial charge in [0.1, 0.15) is 0 Å². The summed E-state index contributed by atoms with van der Waals surface area (Å²) in [6, 6.07) is -0.440. The molecule has 0 radical (unpaired) electrons. The van der Waals surface area contributed by atoms with Gasteiger partial charge in [-0.15, -0.1) is 10.2 Å². The molecule has 0 amide bonds. The smallest absolute Gasteiger partial charge is 0.188 e. The summed E-state index contributed by atoms with van der Waals surface area (Å²) in [5.41, 5.74) is 10.7. The normalized spacial score (nSPS) is 19.7. The average molecular weight is 140 g/mol. The lowest BCUT2D eigenvalue weighted by Gasteiger charge is -1.99. The van der Waals surface area contributed by atoms with Crippen molar-refractivity contribution >= 4 is 11.7 Å². The SMILES string of the molecule is CN=NC1C(N)=NN=C1N. The van der Waals surface area contributed by atoms with Gasteiger partial charge in [-0.1, -0.05) is 0 Å². The largest absolute Gasteiger partial charge is 0.383 e. The number of nitrogens with two attached hydrogens (primary N) is 2. The third-order valence-corrected chi connectivity index (χ3v) is 1.07. The van der Waals surface area contributed by atoms with E-state index in [0.717, 1.165) is 0 Å². The van der Waals surface area contributed by atoms with Crippen molar-refractivity contribution in [3.63, 3.8) is 0 Å². The minimum absolute atomic E-state index is 0.295. The molecule has 1 heterocycles. The molecule has 0 aromatic rings. The van der Waals surface area contributed by atoms with Crippen LogP contribution in [0.5, 0.6) is 0 Å². The van der Waals surface area contributed by atoms with Gasteiger partial charge in [0.15, 0.2) is 17.7 Å². The zero-order valence-corrected chi connectivity index (χ0v) is 5.52. The molecule has 0 spiro atoms. The van der Waals surface area contributed by atoms with Crippen LogP contribution >= 0.6 is 0 Å². The summed E-state index contributed by atoms with van der Waals surface area (Å²) in [7, 11) is 1.54. The van der Waals surface area contributed by atoms with Gasteiger partial charge in [-0.2, -0.15) is 10.2 Å². The summed E-state index contributed by atoms with van der Waals surface area (Å²) in [5, 5.41) is 14.3. The highest BCUT2D eigenvalue weighted by Gasteiger charge is 2.21. The molecule has 6 nitrogen and oxygen atoms in total. The number of rotatable bonds is 1. The maximum Gasteiger partial charge on any atom is 0.188 e. The zero-order valence-electron chi connectivity index (χ0n) is 5.52. The Kier molecular flexibility index (Phi) is 1.61. The third-order valence-electron chi connectivity index (χ3n) is 1.07. The van der Waals surface area contributed by atoms with Gasteiger partial charge in [-0.25, -0.2) is 0 Å². The van der Waals surface area contributed by atoms with Gasteiger partial charge in [0, 0.05) is 7.05 Å². The van der Waals surface area contributed by atoms with Crippen LogP contribution in [0.2, 0.25) is 0 Å². The lowest BCUT2D eigenvalue weighted by atomic mass is 10.3. The molecule has 10 heavy (non-hydrogen) atoms. The second-order valence-corrected chi connectivity index (χ2v) is 1.77. The molecule has 0 fully saturated rings. The summed E-state index contributed by atoms with van der Waals surface area (Å²) < 4.78 is 0. The van der Waals surface area contributed by atoms with Gasteiger partial charge in [0.2, 0.25) is 0 Å². The van der Waals surface area contributed by atoms with Crippen LogP contribution in [-0.2, 0) is 0 Å². The highest BCUT2D eigenvalue weighted by molar-refractivity contribution is 6.10. The number of amidine groups is 2. The van der Waals surface area contributed by atoms with E-state index in [1.54, 1.807) is 7.05 Å². The molecule has 0 aliphatic carbocycles. The van der Waals surface area contributed by atoms with Gasteiger partial charge in [-0.3, -0.25) is 0 Å². The molecule has 6 heteroatoms. The Balaban J connectivity index is 2.76. The zero-order chi connectivity index (χ0) is 7.56. The lowest BCUT2D eigenvalue weighted by molar-refractivity contribution is 0.970. The standard InChI is InChI=1S/C4H8N6/c1-7-8-2-3(5)9-10-4(2)6/h2H,1H3,(H2,5,9)(H2,6,10). The van der Waals surface area contributed by atoms with Crippen molar-refractivity contribution in [3.05, 3.63) is 0 Å². The van der Waals surface area contributed by atoms with Gasteiger partial charge >= 0.3 is 0 Å². The molecule has 0 unspecified atom stereocenters. The lowest BCUT2D eigenvalue weighted by Crippen LogP contribution is -2.35. The van der Waals surface area contributed by atoms with Crippen molar-refractivity contribution in [1.29, 1.82) is 0 Å². The highest BCUT2D eigenvalue weighted by atomic mass is 15.3. The van der Waals surface area contributed by atoms with Crippen molar-refractivity contribution < 1.29 is 0 Å². The van der Waals surface area contributed by atoms with Crippen LogP contribution < -0.4 is 11.5 Å². The molecule has 54 valence electrons. The van der Waals surface area contributed by atoms with Crippen LogP contribution in [0.15, 0.2) is 20.4 Å². The van der Waals surface area contributed by atoms with Crippen molar-refractivity contribution in [3.8, 4) is 0 Å². The Morgan fingerprint density at radius 1 is 1.30 bits per heavy atom. The number of azo groups is 1. The topological polar surface area (TPSA) is 101 Å². The summed E-state index contributed by atoms with van der Waals surface area (Å²) in [6.45, 7) is 0. The van der Waals surface area contributed by atoms with Crippen LogP contribution in [0.4, 0.5) is 0 Å². The van der Waals surface area contributed by atoms with Gasteiger partial charge in [0.25, 0.3) is 0 Å². The fraction of sp³-hybridized carbons (Fsp3) is 0.500. The second-order valence-electron chi connectivity index (χ2n) is 1.77. The van der Waals surface area contributed by atoms with Gasteiger partial charge in [-0.05, 0) is 0 Å². The Labute approximate surface area is 57.7 Å². The molecule has 0 aromatic carbocycles. The fourth-order valence-corrected chi connectivity index (χ4v) is 0.610. The molecule has 4 N–H and O–H groups in total. The fourth-order valence-electron chi connectivity index (χ4n) is 0.610. The summed E-state index contributed by atoms with van der Waals surface area (Å²) in [4.78, 5) is 0. The molecule has 0 aromatic heterocycles. The van der Waals surface area contributed by atoms with Crippen molar-refractivity contribution in [2.75, 3.05) is 7.05 Å². The molecular formula is C4H8N6. The van der Waals surface area contributed by atoms with E-state index in [4.69, 9.17) is 11.5 Å². The number of nitrogens with zero attached hydrogens (tertiary/aromatic N) is 4. The quantitative estimate of drug-likeness (QED) is 0.460. The van der Waals surface area contributed by atoms with Crippen LogP contribution in [0, 0.1) is 0 Å². The summed E-state index contributed by atoms with van der Waals surface area (Å²) >= 11 is 0. The Morgan fingerprint density at radius 3 is 2.20 bits per heavy atom. The maximum atomic E-state index is 5.36. The molecule has 0 atom stereocenters. The van der Waals surface area contributed by atoms with Crippen molar-refractivity contribution in [2.45, 2.75) is 6.04 Å². The van der Waals surface area contributed by atoms with E-state index in [9.17, 15) is 0 Å². The van der Waals surface area contributed by atoms with Crippen LogP contribution in [0.1, 0.15) is 0 Å². The van der Waals surface area contributed by atoms with Crippen LogP contribution in [0.25, 0.3) is 0 Å². The van der Waals surface area contributed by atoms with E-state index in [2.05, 4.69) is 20.4 Å². The minimum atomic E-state index is -0.440. The Hall–Kier alpha value is -1.46. The molecule has 1 rings (SSSR count). The second kappa shape index (κ2) is 2.42. The first-order valence-corrected chi connectivity index (χ1v) is 2.71. The predicted molar refractivity (Wildman–Crippen MR) is 37.8 cm³/mol. The van der Waals surface area contributed by atoms with E-state index in [0.29, 0.717) is 11.7 Å². The third kappa shape index (κ3) is 0.949. The van der Waals surface area contributed by atoms with E-state index in [1.807, 2.05) is 0 Å². The minimum Gasteiger partial charge on any atom is -0.383 e. The monoisotopic (exact) mass is 140 g/mol. The predicted octanol–water partition coefficient (Wildman–Crippen LogP) is -0.920. The van der Waals surface area contributed by atoms with E-state index < -0.39 is 6.04 Å². The highest BCUT2D eigenvalue weighted by Crippen LogP contribution is 2.00.